The topological polar surface area (TPSA) is 0 Å². The van der Waals surface area contributed by atoms with Gasteiger partial charge in [-0.25, -0.2) is 0 Å². The van der Waals surface area contributed by atoms with Gasteiger partial charge in [0.05, 0.1) is 0 Å². The molecule has 0 aliphatic heterocycles. The Kier molecular flexibility index (Phi) is 12.1. The van der Waals surface area contributed by atoms with E-state index in [1.54, 1.807) is 11.1 Å². The van der Waals surface area contributed by atoms with Gasteiger partial charge in [0.2, 0.25) is 0 Å². The van der Waals surface area contributed by atoms with Crippen LogP contribution in [0.15, 0.2) is 42.5 Å². The highest BCUT2D eigenvalue weighted by molar-refractivity contribution is 5.81. The Balaban J connectivity index is 0.00000176. The van der Waals surface area contributed by atoms with Gasteiger partial charge in [0.15, 0.2) is 0 Å². The van der Waals surface area contributed by atoms with Crippen molar-refractivity contribution in [2.45, 2.75) is 130 Å². The van der Waals surface area contributed by atoms with Gasteiger partial charge >= 0.3 is 0 Å². The molecule has 2 aromatic carbocycles. The lowest BCUT2D eigenvalue weighted by molar-refractivity contribution is 0.398. The fourth-order valence-electron chi connectivity index (χ4n) is 5.66. The molecule has 0 spiro atoms. The van der Waals surface area contributed by atoms with Crippen LogP contribution in [0.5, 0.6) is 0 Å². The van der Waals surface area contributed by atoms with E-state index in [0.29, 0.717) is 0 Å². The molecular formula is C32H50. The van der Waals surface area contributed by atoms with Crippen LogP contribution < -0.4 is 0 Å². The first-order chi connectivity index (χ1) is 15.7. The van der Waals surface area contributed by atoms with Crippen molar-refractivity contribution in [2.75, 3.05) is 0 Å². The molecule has 0 atom stereocenters. The first-order valence-corrected chi connectivity index (χ1v) is 13.9. The minimum absolute atomic E-state index is 0.245. The summed E-state index contributed by atoms with van der Waals surface area (Å²) in [5, 5.41) is 0. The second-order valence-corrected chi connectivity index (χ2v) is 9.71. The molecule has 0 amide bonds. The molecule has 3 rings (SSSR count). The molecule has 0 saturated carbocycles. The molecule has 1 aliphatic carbocycles. The van der Waals surface area contributed by atoms with Crippen LogP contribution in [0.1, 0.15) is 134 Å². The first kappa shape index (κ1) is 26.7. The average molecular weight is 435 g/mol. The molecule has 178 valence electrons. The van der Waals surface area contributed by atoms with E-state index in [1.807, 2.05) is 13.8 Å². The number of fused-ring (bicyclic) bond motifs is 3. The Hall–Kier alpha value is -1.56. The zero-order chi connectivity index (χ0) is 23.2. The number of aryl methyl sites for hydroxylation is 1. The summed E-state index contributed by atoms with van der Waals surface area (Å²) in [5.41, 5.74) is 7.90. The van der Waals surface area contributed by atoms with Gasteiger partial charge in [0, 0.05) is 5.41 Å². The quantitative estimate of drug-likeness (QED) is 0.259. The fraction of sp³-hybridized carbons (Fsp3) is 0.625. The molecule has 0 heteroatoms. The smallest absolute Gasteiger partial charge is 0.0215 e. The summed E-state index contributed by atoms with van der Waals surface area (Å²) in [7, 11) is 0. The Bertz CT molecular complexity index is 753. The number of benzene rings is 2. The number of unbranched alkanes of at least 4 members (excludes halogenated alkanes) is 10. The van der Waals surface area contributed by atoms with Gasteiger partial charge in [-0.3, -0.25) is 0 Å². The third-order valence-electron chi connectivity index (χ3n) is 7.34. The number of rotatable bonds is 14. The lowest BCUT2D eigenvalue weighted by Gasteiger charge is -2.33. The van der Waals surface area contributed by atoms with E-state index in [1.165, 1.54) is 107 Å². The van der Waals surface area contributed by atoms with Crippen molar-refractivity contribution in [3.63, 3.8) is 0 Å². The van der Waals surface area contributed by atoms with Gasteiger partial charge < -0.3 is 0 Å². The van der Waals surface area contributed by atoms with E-state index in [2.05, 4.69) is 63.2 Å². The lowest BCUT2D eigenvalue weighted by atomic mass is 9.70. The minimum Gasteiger partial charge on any atom is -0.0683 e. The van der Waals surface area contributed by atoms with Crippen LogP contribution in [0.2, 0.25) is 0 Å². The third kappa shape index (κ3) is 6.72. The third-order valence-corrected chi connectivity index (χ3v) is 7.34. The van der Waals surface area contributed by atoms with Gasteiger partial charge in [-0.2, -0.15) is 0 Å². The standard InChI is InChI=1S/C30H44.C2H6/c1-4-6-8-10-12-16-22-30(23-17-13-11-9-7-5-2)28-19-15-14-18-26(28)27-24-25(3)20-21-29(27)30;1-2/h14-15,18-21,24H,4-13,16-17,22-23H2,1-3H3;1-2H3. The monoisotopic (exact) mass is 434 g/mol. The summed E-state index contributed by atoms with van der Waals surface area (Å²) >= 11 is 0. The zero-order valence-corrected chi connectivity index (χ0v) is 21.9. The summed E-state index contributed by atoms with van der Waals surface area (Å²) in [6, 6.07) is 16.6. The maximum atomic E-state index is 2.47. The molecule has 0 bridgehead atoms. The summed E-state index contributed by atoms with van der Waals surface area (Å²) in [4.78, 5) is 0. The van der Waals surface area contributed by atoms with Crippen LogP contribution in [0.4, 0.5) is 0 Å². The van der Waals surface area contributed by atoms with E-state index >= 15 is 0 Å². The van der Waals surface area contributed by atoms with Crippen LogP contribution in [-0.4, -0.2) is 0 Å². The van der Waals surface area contributed by atoms with Crippen LogP contribution in [-0.2, 0) is 5.41 Å². The summed E-state index contributed by atoms with van der Waals surface area (Å²) in [6.45, 7) is 10.9. The van der Waals surface area contributed by atoms with Crippen molar-refractivity contribution in [2.24, 2.45) is 0 Å². The molecule has 0 heterocycles. The molecule has 32 heavy (non-hydrogen) atoms. The highest BCUT2D eigenvalue weighted by Gasteiger charge is 2.41. The summed E-state index contributed by atoms with van der Waals surface area (Å²) in [6.07, 6.45) is 19.2. The van der Waals surface area contributed by atoms with E-state index in [0.717, 1.165) is 0 Å². The van der Waals surface area contributed by atoms with Gasteiger partial charge in [-0.1, -0.05) is 153 Å². The molecular weight excluding hydrogens is 384 g/mol. The van der Waals surface area contributed by atoms with Gasteiger partial charge in [0.25, 0.3) is 0 Å². The van der Waals surface area contributed by atoms with Crippen molar-refractivity contribution in [3.8, 4) is 11.1 Å². The van der Waals surface area contributed by atoms with Crippen molar-refractivity contribution in [1.29, 1.82) is 0 Å². The van der Waals surface area contributed by atoms with Crippen LogP contribution in [0.3, 0.4) is 0 Å². The maximum absolute atomic E-state index is 2.47. The molecule has 0 fully saturated rings. The molecule has 0 unspecified atom stereocenters. The first-order valence-electron chi connectivity index (χ1n) is 13.9. The largest absolute Gasteiger partial charge is 0.0683 e. The van der Waals surface area contributed by atoms with Gasteiger partial charge in [-0.05, 0) is 42.0 Å². The Morgan fingerprint density at radius 3 is 1.66 bits per heavy atom. The highest BCUT2D eigenvalue weighted by Crippen LogP contribution is 2.54. The zero-order valence-electron chi connectivity index (χ0n) is 21.9. The molecule has 0 radical (unpaired) electrons. The van der Waals surface area contributed by atoms with Crippen LogP contribution in [0.25, 0.3) is 11.1 Å². The molecule has 0 aromatic heterocycles. The molecule has 0 nitrogen and oxygen atoms in total. The predicted molar refractivity (Wildman–Crippen MR) is 145 cm³/mol. The second-order valence-electron chi connectivity index (χ2n) is 9.71. The lowest BCUT2D eigenvalue weighted by Crippen LogP contribution is -2.25. The van der Waals surface area contributed by atoms with E-state index in [-0.39, 0.29) is 5.41 Å². The van der Waals surface area contributed by atoms with Crippen molar-refractivity contribution < 1.29 is 0 Å². The van der Waals surface area contributed by atoms with Crippen LogP contribution in [0, 0.1) is 6.92 Å². The van der Waals surface area contributed by atoms with Crippen molar-refractivity contribution in [1.82, 2.24) is 0 Å². The average Bonchev–Trinajstić information content (AvgIpc) is 3.09. The Labute approximate surface area is 200 Å². The number of hydrogen-bond acceptors (Lipinski definition) is 0. The Morgan fingerprint density at radius 1 is 0.562 bits per heavy atom. The second kappa shape index (κ2) is 14.6. The van der Waals surface area contributed by atoms with E-state index in [4.69, 9.17) is 0 Å². The Morgan fingerprint density at radius 2 is 1.06 bits per heavy atom. The molecule has 1 aliphatic rings. The van der Waals surface area contributed by atoms with Crippen molar-refractivity contribution in [3.05, 3.63) is 59.2 Å². The van der Waals surface area contributed by atoms with Crippen LogP contribution >= 0.6 is 0 Å². The van der Waals surface area contributed by atoms with Gasteiger partial charge in [-0.15, -0.1) is 0 Å². The minimum atomic E-state index is 0.245. The summed E-state index contributed by atoms with van der Waals surface area (Å²) in [5.74, 6) is 0. The summed E-state index contributed by atoms with van der Waals surface area (Å²) < 4.78 is 0. The molecule has 2 aromatic rings. The maximum Gasteiger partial charge on any atom is 0.0215 e. The van der Waals surface area contributed by atoms with Gasteiger partial charge in [0.1, 0.15) is 0 Å². The fourth-order valence-corrected chi connectivity index (χ4v) is 5.66. The predicted octanol–water partition coefficient (Wildman–Crippen LogP) is 10.8. The van der Waals surface area contributed by atoms with E-state index < -0.39 is 0 Å². The number of hydrogen-bond donors (Lipinski definition) is 0. The molecule has 0 N–H and O–H groups in total. The normalized spacial score (nSPS) is 13.3. The van der Waals surface area contributed by atoms with E-state index in [9.17, 15) is 0 Å². The van der Waals surface area contributed by atoms with Crippen molar-refractivity contribution >= 4 is 0 Å². The molecule has 0 saturated heterocycles. The highest BCUT2D eigenvalue weighted by atomic mass is 14.4. The SMILES string of the molecule is CC.CCCCCCCCC1(CCCCCCCC)c2ccccc2-c2cc(C)ccc21.